The first-order chi connectivity index (χ1) is 29.0. The number of nitrogens with one attached hydrogen (secondary N) is 1. The Hall–Kier alpha value is -3.37. The van der Waals surface area contributed by atoms with Gasteiger partial charge in [-0.3, -0.25) is 29.1 Å². The second kappa shape index (κ2) is 25.4. The maximum Gasteiger partial charge on any atom is 0.416 e. The van der Waals surface area contributed by atoms with E-state index in [1.165, 1.54) is 55.5 Å². The molecule has 6 rings (SSSR count). The van der Waals surface area contributed by atoms with Gasteiger partial charge < -0.3 is 16.0 Å². The Kier molecular flexibility index (Phi) is 21.7. The van der Waals surface area contributed by atoms with E-state index >= 15 is 0 Å². The summed E-state index contributed by atoms with van der Waals surface area (Å²) in [5.41, 5.74) is 6.84. The number of nitrogens with two attached hydrogens (primary N) is 1. The Morgan fingerprint density at radius 1 is 0.730 bits per heavy atom. The fourth-order valence-electron chi connectivity index (χ4n) is 9.16. The molecular weight excluding hydrogens is 869 g/mol. The Morgan fingerprint density at radius 3 is 1.83 bits per heavy atom. The van der Waals surface area contributed by atoms with Gasteiger partial charge in [-0.2, -0.15) is 26.3 Å². The van der Waals surface area contributed by atoms with Crippen LogP contribution in [0.4, 0.5) is 32.0 Å². The van der Waals surface area contributed by atoms with E-state index in [-0.39, 0.29) is 54.9 Å². The monoisotopic (exact) mass is 934 g/mol. The summed E-state index contributed by atoms with van der Waals surface area (Å²) in [5, 5.41) is 2.83. The van der Waals surface area contributed by atoms with E-state index in [9.17, 15) is 40.7 Å². The van der Waals surface area contributed by atoms with Crippen LogP contribution in [-0.2, 0) is 33.2 Å². The van der Waals surface area contributed by atoms with E-state index in [4.69, 9.17) is 5.73 Å². The molecule has 3 N–H and O–H groups in total. The standard InChI is InChI=1S/C23H30F6N4O2.C23H34N2O.2ClH/c24-22(25,26)16-11-17(23(27,28)29)13-19(12-16)33-9-7-32(8-10-33)6-5-15-1-3-18(4-2-15)31-21(35)14-20(30)34;1-3-21-6-4-5-7-23(21)22-11-16-24(17-12-22)13-8-20-9-14-25(15-10-20)18-19(2)26;;/h11-13,15,18H,1-10,14H2,(H2,30,34)(H,31,35);4-7,11,20H,3,8-10,12-18H2,1-2H3;2*1H. The Balaban J connectivity index is 0.000000338. The fourth-order valence-corrected chi connectivity index (χ4v) is 9.16. The normalized spacial score (nSPS) is 20.6. The average molecular weight is 936 g/mol. The van der Waals surface area contributed by atoms with Gasteiger partial charge in [0.05, 0.1) is 17.7 Å². The van der Waals surface area contributed by atoms with E-state index in [1.807, 2.05) is 0 Å². The van der Waals surface area contributed by atoms with E-state index in [1.54, 1.807) is 11.8 Å². The SMILES string of the molecule is CCc1ccccc1C1=CCN(CCC2CCN(CC(C)=O)CC2)CC1.Cl.Cl.NC(=O)CC(=O)NC1CCC(CCN2CCN(c3cc(C(F)(F)F)cc(C(F)(F)F)c3)CC2)CC1. The molecule has 63 heavy (non-hydrogen) atoms. The summed E-state index contributed by atoms with van der Waals surface area (Å²) in [6, 6.07) is 10.6. The first-order valence-corrected chi connectivity index (χ1v) is 22.0. The fraction of sp³-hybridized carbons (Fsp3) is 0.630. The first kappa shape index (κ1) is 54.0. The average Bonchev–Trinajstić information content (AvgIpc) is 3.22. The zero-order chi connectivity index (χ0) is 44.2. The number of carbonyl (C=O) groups excluding carboxylic acids is 3. The number of nitrogens with zero attached hydrogens (tertiary/aromatic N) is 4. The summed E-state index contributed by atoms with van der Waals surface area (Å²) in [6.07, 6.45) is 2.97. The minimum absolute atomic E-state index is 0. The molecule has 3 heterocycles. The Bertz CT molecular complexity index is 1760. The molecule has 4 aliphatic rings. The molecule has 2 amide bonds. The van der Waals surface area contributed by atoms with Gasteiger partial charge in [0.1, 0.15) is 12.2 Å². The molecular formula is C46H66Cl2F6N6O3. The van der Waals surface area contributed by atoms with Crippen molar-refractivity contribution in [3.05, 3.63) is 70.8 Å². The predicted octanol–water partition coefficient (Wildman–Crippen LogP) is 8.66. The highest BCUT2D eigenvalue weighted by Crippen LogP contribution is 2.39. The molecule has 3 aliphatic heterocycles. The lowest BCUT2D eigenvalue weighted by molar-refractivity contribution is -0.143. The number of halogens is 8. The molecule has 3 fully saturated rings. The molecule has 0 radical (unpaired) electrons. The van der Waals surface area contributed by atoms with E-state index < -0.39 is 29.4 Å². The lowest BCUT2D eigenvalue weighted by atomic mass is 9.84. The van der Waals surface area contributed by atoms with Crippen LogP contribution >= 0.6 is 24.8 Å². The summed E-state index contributed by atoms with van der Waals surface area (Å²) in [6.45, 7) is 12.9. The molecule has 0 atom stereocenters. The summed E-state index contributed by atoms with van der Waals surface area (Å²) in [7, 11) is 0. The van der Waals surface area contributed by atoms with Gasteiger partial charge in [0.25, 0.3) is 0 Å². The molecule has 2 saturated heterocycles. The van der Waals surface area contributed by atoms with Crippen molar-refractivity contribution in [1.29, 1.82) is 0 Å². The van der Waals surface area contributed by atoms with Crippen LogP contribution in [0.15, 0.2) is 48.5 Å². The molecule has 0 bridgehead atoms. The maximum atomic E-state index is 13.1. The molecule has 1 saturated carbocycles. The number of alkyl halides is 6. The number of piperazine rings is 1. The van der Waals surface area contributed by atoms with Gasteiger partial charge in [-0.25, -0.2) is 0 Å². The van der Waals surface area contributed by atoms with Crippen LogP contribution < -0.4 is 16.0 Å². The van der Waals surface area contributed by atoms with E-state index in [2.05, 4.69) is 57.3 Å². The van der Waals surface area contributed by atoms with Gasteiger partial charge in [-0.05, 0) is 144 Å². The minimum Gasteiger partial charge on any atom is -0.369 e. The number of hydrogen-bond donors (Lipinski definition) is 2. The second-order valence-corrected chi connectivity index (χ2v) is 17.3. The predicted molar refractivity (Wildman–Crippen MR) is 241 cm³/mol. The number of likely N-dealkylation sites (tertiary alicyclic amines) is 1. The van der Waals surface area contributed by atoms with Crippen LogP contribution in [0.25, 0.3) is 5.57 Å². The number of amides is 2. The number of Topliss-reactive ketones (excluding diaryl/α,β-unsaturated/α-hetero) is 1. The van der Waals surface area contributed by atoms with Gasteiger partial charge >= 0.3 is 12.4 Å². The second-order valence-electron chi connectivity index (χ2n) is 17.3. The van der Waals surface area contributed by atoms with Crippen molar-refractivity contribution in [2.45, 2.75) is 103 Å². The maximum absolute atomic E-state index is 13.1. The van der Waals surface area contributed by atoms with Crippen molar-refractivity contribution in [2.75, 3.05) is 76.9 Å². The van der Waals surface area contributed by atoms with Crippen molar-refractivity contribution in [1.82, 2.24) is 20.0 Å². The van der Waals surface area contributed by atoms with Gasteiger partial charge in [0, 0.05) is 51.0 Å². The van der Waals surface area contributed by atoms with Crippen molar-refractivity contribution in [3.63, 3.8) is 0 Å². The van der Waals surface area contributed by atoms with Gasteiger partial charge in [0.15, 0.2) is 0 Å². The number of ketones is 1. The van der Waals surface area contributed by atoms with Crippen LogP contribution in [0.1, 0.15) is 100 Å². The summed E-state index contributed by atoms with van der Waals surface area (Å²) in [5.74, 6) is 0.593. The van der Waals surface area contributed by atoms with Gasteiger partial charge in [0.2, 0.25) is 11.8 Å². The van der Waals surface area contributed by atoms with Gasteiger partial charge in [-0.1, -0.05) is 37.3 Å². The summed E-state index contributed by atoms with van der Waals surface area (Å²) < 4.78 is 78.9. The van der Waals surface area contributed by atoms with Crippen molar-refractivity contribution < 1.29 is 40.7 Å². The number of anilines is 1. The van der Waals surface area contributed by atoms with Crippen LogP contribution in [0.3, 0.4) is 0 Å². The molecule has 354 valence electrons. The number of primary amides is 1. The third-order valence-electron chi connectivity index (χ3n) is 12.8. The van der Waals surface area contributed by atoms with Crippen LogP contribution in [-0.4, -0.2) is 110 Å². The largest absolute Gasteiger partial charge is 0.416 e. The molecule has 0 spiro atoms. The molecule has 2 aromatic rings. The van der Waals surface area contributed by atoms with Crippen molar-refractivity contribution in [2.24, 2.45) is 17.6 Å². The number of rotatable bonds is 14. The third-order valence-corrected chi connectivity index (χ3v) is 12.8. The Labute approximate surface area is 381 Å². The number of carbonyl (C=O) groups is 3. The van der Waals surface area contributed by atoms with Gasteiger partial charge in [-0.15, -0.1) is 24.8 Å². The highest BCUT2D eigenvalue weighted by Gasteiger charge is 2.38. The first-order valence-electron chi connectivity index (χ1n) is 22.0. The smallest absolute Gasteiger partial charge is 0.369 e. The summed E-state index contributed by atoms with van der Waals surface area (Å²) in [4.78, 5) is 42.4. The number of hydrogen-bond acceptors (Lipinski definition) is 7. The topological polar surface area (TPSA) is 102 Å². The highest BCUT2D eigenvalue weighted by atomic mass is 35.5. The molecule has 9 nitrogen and oxygen atoms in total. The van der Waals surface area contributed by atoms with Crippen molar-refractivity contribution >= 4 is 53.7 Å². The summed E-state index contributed by atoms with van der Waals surface area (Å²) >= 11 is 0. The number of aryl methyl sites for hydroxylation is 1. The highest BCUT2D eigenvalue weighted by molar-refractivity contribution is 5.96. The molecule has 0 aromatic heterocycles. The van der Waals surface area contributed by atoms with E-state index in [0.29, 0.717) is 44.4 Å². The number of piperidine rings is 1. The molecule has 2 aromatic carbocycles. The zero-order valence-electron chi connectivity index (χ0n) is 36.6. The quantitative estimate of drug-likeness (QED) is 0.145. The molecule has 1 aliphatic carbocycles. The Morgan fingerprint density at radius 2 is 1.30 bits per heavy atom. The van der Waals surface area contributed by atoms with Crippen molar-refractivity contribution in [3.8, 4) is 0 Å². The lowest BCUT2D eigenvalue weighted by Crippen LogP contribution is -2.47. The zero-order valence-corrected chi connectivity index (χ0v) is 38.2. The van der Waals surface area contributed by atoms with Crippen LogP contribution in [0, 0.1) is 11.8 Å². The van der Waals surface area contributed by atoms with Crippen LogP contribution in [0.2, 0.25) is 0 Å². The lowest BCUT2D eigenvalue weighted by Gasteiger charge is -2.37. The number of benzene rings is 2. The molecule has 0 unspecified atom stereocenters. The minimum atomic E-state index is -4.86. The van der Waals surface area contributed by atoms with E-state index in [0.717, 1.165) is 82.8 Å². The third kappa shape index (κ3) is 17.5. The molecule has 17 heteroatoms. The van der Waals surface area contributed by atoms with Crippen LogP contribution in [0.5, 0.6) is 0 Å².